The van der Waals surface area contributed by atoms with Crippen LogP contribution in [0, 0.1) is 13.8 Å². The van der Waals surface area contributed by atoms with Crippen molar-refractivity contribution in [1.29, 1.82) is 0 Å². The maximum absolute atomic E-state index is 6.35. The lowest BCUT2D eigenvalue weighted by atomic mass is 10.1. The molecule has 2 rings (SSSR count). The fourth-order valence-electron chi connectivity index (χ4n) is 2.61. The van der Waals surface area contributed by atoms with E-state index in [1.165, 1.54) is 0 Å². The summed E-state index contributed by atoms with van der Waals surface area (Å²) in [7, 11) is 3.36. The van der Waals surface area contributed by atoms with E-state index in [1.54, 1.807) is 14.2 Å². The molecule has 4 N–H and O–H groups in total. The second-order valence-corrected chi connectivity index (χ2v) is 6.08. The first kappa shape index (κ1) is 18.9. The van der Waals surface area contributed by atoms with Crippen molar-refractivity contribution in [3.8, 4) is 5.75 Å². The predicted octanol–water partition coefficient (Wildman–Crippen LogP) is 3.87. The molecule has 136 valence electrons. The predicted molar refractivity (Wildman–Crippen MR) is 104 cm³/mol. The summed E-state index contributed by atoms with van der Waals surface area (Å²) < 4.78 is 10.5. The quantitative estimate of drug-likeness (QED) is 0.674. The molecule has 0 amide bonds. The summed E-state index contributed by atoms with van der Waals surface area (Å²) in [6.07, 6.45) is 0.939. The highest BCUT2D eigenvalue weighted by molar-refractivity contribution is 5.81. The number of nitrogens with zero attached hydrogens (tertiary/aromatic N) is 1. The van der Waals surface area contributed by atoms with Gasteiger partial charge in [-0.15, -0.1) is 0 Å². The summed E-state index contributed by atoms with van der Waals surface area (Å²) in [5, 5.41) is 6.78. The van der Waals surface area contributed by atoms with Gasteiger partial charge in [0.2, 0.25) is 0 Å². The summed E-state index contributed by atoms with van der Waals surface area (Å²) in [6, 6.07) is 8.00. The molecular formula is C19H28N4O2. The highest BCUT2D eigenvalue weighted by Gasteiger charge is 2.13. The number of methoxy groups -OCH3 is 2. The van der Waals surface area contributed by atoms with Gasteiger partial charge in [0.1, 0.15) is 5.75 Å². The minimum absolute atomic E-state index is 0.199. The normalized spacial score (nSPS) is 11.9. The molecule has 0 fully saturated rings. The summed E-state index contributed by atoms with van der Waals surface area (Å²) in [6.45, 7) is 6.70. The second kappa shape index (κ2) is 8.58. The molecule has 0 spiro atoms. The fourth-order valence-corrected chi connectivity index (χ4v) is 2.61. The number of hydrogen-bond acceptors (Lipinski definition) is 6. The van der Waals surface area contributed by atoms with E-state index in [2.05, 4.69) is 22.5 Å². The smallest absolute Gasteiger partial charge is 0.156 e. The number of ether oxygens (including phenoxy) is 2. The summed E-state index contributed by atoms with van der Waals surface area (Å²) >= 11 is 0. The van der Waals surface area contributed by atoms with E-state index in [0.29, 0.717) is 18.1 Å². The minimum Gasteiger partial charge on any atom is -0.497 e. The standard InChI is InChI=1S/C19H28N4O2/c1-6-14(11-24-4)22-17-10-13(3)21-19(18(17)20)23-16-8-7-15(25-5)9-12(16)2/h7-10,14H,6,11,20H2,1-5H3,(H2,21,22,23). The first-order valence-corrected chi connectivity index (χ1v) is 8.42. The molecule has 25 heavy (non-hydrogen) atoms. The fraction of sp³-hybridized carbons (Fsp3) is 0.421. The van der Waals surface area contributed by atoms with Gasteiger partial charge in [-0.3, -0.25) is 0 Å². The van der Waals surface area contributed by atoms with Gasteiger partial charge in [-0.1, -0.05) is 6.92 Å². The van der Waals surface area contributed by atoms with Gasteiger partial charge in [0.25, 0.3) is 0 Å². The van der Waals surface area contributed by atoms with E-state index < -0.39 is 0 Å². The molecule has 1 unspecified atom stereocenters. The van der Waals surface area contributed by atoms with E-state index in [1.807, 2.05) is 38.1 Å². The minimum atomic E-state index is 0.199. The van der Waals surface area contributed by atoms with Crippen LogP contribution in [0.3, 0.4) is 0 Å². The summed E-state index contributed by atoms with van der Waals surface area (Å²) in [4.78, 5) is 4.55. The zero-order valence-corrected chi connectivity index (χ0v) is 15.6. The first-order chi connectivity index (χ1) is 12.0. The number of aryl methyl sites for hydroxylation is 2. The molecule has 0 aliphatic rings. The molecule has 1 heterocycles. The summed E-state index contributed by atoms with van der Waals surface area (Å²) in [5.74, 6) is 1.46. The highest BCUT2D eigenvalue weighted by Crippen LogP contribution is 2.31. The Labute approximate surface area is 149 Å². The Morgan fingerprint density at radius 1 is 1.16 bits per heavy atom. The molecule has 0 saturated carbocycles. The van der Waals surface area contributed by atoms with Crippen LogP contribution in [0.2, 0.25) is 0 Å². The molecule has 1 atom stereocenters. The van der Waals surface area contributed by atoms with Crippen LogP contribution >= 0.6 is 0 Å². The third-order valence-corrected chi connectivity index (χ3v) is 4.09. The van der Waals surface area contributed by atoms with Crippen LogP contribution in [-0.4, -0.2) is 31.9 Å². The number of benzene rings is 1. The van der Waals surface area contributed by atoms with E-state index in [0.717, 1.165) is 34.8 Å². The van der Waals surface area contributed by atoms with Gasteiger partial charge in [-0.05, 0) is 50.1 Å². The average Bonchev–Trinajstić information content (AvgIpc) is 2.59. The molecule has 0 saturated heterocycles. The lowest BCUT2D eigenvalue weighted by Crippen LogP contribution is -2.24. The van der Waals surface area contributed by atoms with Gasteiger partial charge in [-0.2, -0.15) is 0 Å². The number of nitrogens with two attached hydrogens (primary N) is 1. The van der Waals surface area contributed by atoms with E-state index in [-0.39, 0.29) is 6.04 Å². The number of anilines is 4. The Bertz CT molecular complexity index is 719. The molecule has 6 nitrogen and oxygen atoms in total. The Hall–Kier alpha value is -2.47. The number of nitrogen functional groups attached to an aromatic ring is 1. The van der Waals surface area contributed by atoms with Gasteiger partial charge in [0, 0.05) is 24.5 Å². The number of nitrogens with one attached hydrogen (secondary N) is 2. The lowest BCUT2D eigenvalue weighted by Gasteiger charge is -2.21. The molecule has 6 heteroatoms. The third-order valence-electron chi connectivity index (χ3n) is 4.09. The molecule has 0 bridgehead atoms. The van der Waals surface area contributed by atoms with Crippen molar-refractivity contribution in [3.05, 3.63) is 35.5 Å². The third kappa shape index (κ3) is 4.76. The van der Waals surface area contributed by atoms with Crippen LogP contribution in [0.5, 0.6) is 5.75 Å². The Morgan fingerprint density at radius 2 is 1.92 bits per heavy atom. The van der Waals surface area contributed by atoms with E-state index >= 15 is 0 Å². The van der Waals surface area contributed by atoms with Crippen molar-refractivity contribution in [1.82, 2.24) is 4.98 Å². The van der Waals surface area contributed by atoms with Crippen molar-refractivity contribution in [3.63, 3.8) is 0 Å². The van der Waals surface area contributed by atoms with Crippen molar-refractivity contribution in [2.45, 2.75) is 33.2 Å². The van der Waals surface area contributed by atoms with Gasteiger partial charge in [0.15, 0.2) is 5.82 Å². The lowest BCUT2D eigenvalue weighted by molar-refractivity contribution is 0.184. The monoisotopic (exact) mass is 344 g/mol. The molecule has 2 aromatic rings. The van der Waals surface area contributed by atoms with Crippen molar-refractivity contribution >= 4 is 22.9 Å². The number of hydrogen-bond donors (Lipinski definition) is 3. The zero-order valence-electron chi connectivity index (χ0n) is 15.6. The van der Waals surface area contributed by atoms with Crippen LogP contribution < -0.4 is 21.1 Å². The molecule has 0 radical (unpaired) electrons. The molecular weight excluding hydrogens is 316 g/mol. The summed E-state index contributed by atoms with van der Waals surface area (Å²) in [5.41, 5.74) is 10.7. The van der Waals surface area contributed by atoms with Crippen LogP contribution in [0.4, 0.5) is 22.9 Å². The first-order valence-electron chi connectivity index (χ1n) is 8.42. The second-order valence-electron chi connectivity index (χ2n) is 6.08. The Kier molecular flexibility index (Phi) is 6.47. The van der Waals surface area contributed by atoms with Gasteiger partial charge < -0.3 is 25.8 Å². The molecule has 1 aromatic heterocycles. The highest BCUT2D eigenvalue weighted by atomic mass is 16.5. The van der Waals surface area contributed by atoms with E-state index in [4.69, 9.17) is 15.2 Å². The zero-order chi connectivity index (χ0) is 18.4. The van der Waals surface area contributed by atoms with Gasteiger partial charge in [-0.25, -0.2) is 4.98 Å². The van der Waals surface area contributed by atoms with Crippen molar-refractivity contribution < 1.29 is 9.47 Å². The molecule has 0 aliphatic carbocycles. The molecule has 0 aliphatic heterocycles. The van der Waals surface area contributed by atoms with Crippen molar-refractivity contribution in [2.75, 3.05) is 37.2 Å². The average molecular weight is 344 g/mol. The Morgan fingerprint density at radius 3 is 2.52 bits per heavy atom. The van der Waals surface area contributed by atoms with Crippen LogP contribution in [-0.2, 0) is 4.74 Å². The van der Waals surface area contributed by atoms with Gasteiger partial charge >= 0.3 is 0 Å². The SMILES string of the molecule is CCC(COC)Nc1cc(C)nc(Nc2ccc(OC)cc2C)c1N. The number of rotatable bonds is 8. The Balaban J connectivity index is 2.29. The van der Waals surface area contributed by atoms with Gasteiger partial charge in [0.05, 0.1) is 25.1 Å². The number of pyridine rings is 1. The van der Waals surface area contributed by atoms with E-state index in [9.17, 15) is 0 Å². The number of aromatic nitrogens is 1. The maximum atomic E-state index is 6.35. The maximum Gasteiger partial charge on any atom is 0.156 e. The van der Waals surface area contributed by atoms with Crippen LogP contribution in [0.1, 0.15) is 24.6 Å². The topological polar surface area (TPSA) is 81.4 Å². The van der Waals surface area contributed by atoms with Crippen molar-refractivity contribution in [2.24, 2.45) is 0 Å². The largest absolute Gasteiger partial charge is 0.497 e. The van der Waals surface area contributed by atoms with Crippen LogP contribution in [0.25, 0.3) is 0 Å². The van der Waals surface area contributed by atoms with Crippen LogP contribution in [0.15, 0.2) is 24.3 Å². The molecule has 1 aromatic carbocycles.